The molecule has 0 radical (unpaired) electrons. The summed E-state index contributed by atoms with van der Waals surface area (Å²) < 4.78 is 2.91. The summed E-state index contributed by atoms with van der Waals surface area (Å²) >= 11 is 1.58. The highest BCUT2D eigenvalue weighted by Gasteiger charge is 2.25. The monoisotopic (exact) mass is 449 g/mol. The van der Waals surface area contributed by atoms with Crippen molar-refractivity contribution in [2.75, 3.05) is 0 Å². The van der Waals surface area contributed by atoms with Crippen molar-refractivity contribution in [2.45, 2.75) is 39.2 Å². The van der Waals surface area contributed by atoms with Crippen LogP contribution in [0.2, 0.25) is 0 Å². The zero-order chi connectivity index (χ0) is 22.6. The average Bonchev–Trinajstić information content (AvgIpc) is 3.27. The van der Waals surface area contributed by atoms with Crippen LogP contribution in [0.5, 0.6) is 5.88 Å². The van der Waals surface area contributed by atoms with Crippen LogP contribution in [0, 0.1) is 5.92 Å². The zero-order valence-electron chi connectivity index (χ0n) is 18.1. The molecule has 1 aromatic carbocycles. The van der Waals surface area contributed by atoms with Gasteiger partial charge in [-0.2, -0.15) is 0 Å². The SMILES string of the molecule is C[C@@H]1CCc2c(sc3ncn([C@@H](C)C(=O)N=Nc4c(O)n(C)c5ccccc45)c(=O)c23)C1. The van der Waals surface area contributed by atoms with Gasteiger partial charge in [-0.3, -0.25) is 14.2 Å². The summed E-state index contributed by atoms with van der Waals surface area (Å²) in [6.07, 6.45) is 4.29. The van der Waals surface area contributed by atoms with Crippen LogP contribution in [-0.4, -0.2) is 25.1 Å². The standard InChI is InChI=1S/C23H23N5O3S/c1-12-8-9-15-17(10-12)32-21-18(15)22(30)28(11-24-21)13(2)20(29)26-25-19-14-6-4-5-7-16(14)27(3)23(19)31/h4-7,11-13,31H,8-10H2,1-3H3/t12-,13+/m1/s1. The molecule has 164 valence electrons. The summed E-state index contributed by atoms with van der Waals surface area (Å²) in [5.41, 5.74) is 1.87. The molecule has 1 N–H and O–H groups in total. The van der Waals surface area contributed by atoms with Crippen LogP contribution in [0.4, 0.5) is 5.69 Å². The molecular formula is C23H23N5O3S. The lowest BCUT2D eigenvalue weighted by Gasteiger charge is -2.17. The first-order valence-electron chi connectivity index (χ1n) is 10.6. The van der Waals surface area contributed by atoms with Crippen molar-refractivity contribution in [1.82, 2.24) is 14.1 Å². The van der Waals surface area contributed by atoms with Gasteiger partial charge in [0.15, 0.2) is 5.69 Å². The number of aromatic hydroxyl groups is 1. The summed E-state index contributed by atoms with van der Waals surface area (Å²) in [5.74, 6) is -0.0581. The average molecular weight is 450 g/mol. The number of carbonyl (C=O) groups excluding carboxylic acids is 1. The third kappa shape index (κ3) is 3.15. The van der Waals surface area contributed by atoms with Crippen molar-refractivity contribution in [3.8, 4) is 5.88 Å². The second kappa shape index (κ2) is 7.67. The van der Waals surface area contributed by atoms with Gasteiger partial charge in [0.25, 0.3) is 11.5 Å². The van der Waals surface area contributed by atoms with E-state index in [4.69, 9.17) is 0 Å². The van der Waals surface area contributed by atoms with Crippen molar-refractivity contribution in [3.63, 3.8) is 0 Å². The molecule has 32 heavy (non-hydrogen) atoms. The van der Waals surface area contributed by atoms with E-state index >= 15 is 0 Å². The fourth-order valence-electron chi connectivity index (χ4n) is 4.38. The normalized spacial score (nSPS) is 17.3. The molecule has 0 bridgehead atoms. The van der Waals surface area contributed by atoms with E-state index in [-0.39, 0.29) is 17.1 Å². The van der Waals surface area contributed by atoms with E-state index in [1.54, 1.807) is 35.9 Å². The number of carbonyl (C=O) groups is 1. The number of aromatic nitrogens is 3. The van der Waals surface area contributed by atoms with Crippen LogP contribution in [0.3, 0.4) is 0 Å². The van der Waals surface area contributed by atoms with E-state index in [0.717, 1.165) is 35.2 Å². The summed E-state index contributed by atoms with van der Waals surface area (Å²) in [7, 11) is 1.71. The maximum absolute atomic E-state index is 13.3. The Balaban J connectivity index is 1.49. The first kappa shape index (κ1) is 20.6. The molecule has 3 aromatic heterocycles. The number of para-hydroxylation sites is 1. The predicted octanol–water partition coefficient (Wildman–Crippen LogP) is 4.65. The fourth-order valence-corrected chi connectivity index (χ4v) is 5.72. The molecule has 5 rings (SSSR count). The van der Waals surface area contributed by atoms with Gasteiger partial charge in [-0.25, -0.2) is 4.98 Å². The Hall–Kier alpha value is -3.33. The molecule has 2 atom stereocenters. The summed E-state index contributed by atoms with van der Waals surface area (Å²) in [4.78, 5) is 32.5. The summed E-state index contributed by atoms with van der Waals surface area (Å²) in [6, 6.07) is 6.48. The summed E-state index contributed by atoms with van der Waals surface area (Å²) in [6.45, 7) is 3.83. The zero-order valence-corrected chi connectivity index (χ0v) is 18.9. The number of amides is 1. The summed E-state index contributed by atoms with van der Waals surface area (Å²) in [5, 5.41) is 19.6. The molecule has 4 aromatic rings. The van der Waals surface area contributed by atoms with Gasteiger partial charge in [-0.15, -0.1) is 21.6 Å². The lowest BCUT2D eigenvalue weighted by Crippen LogP contribution is -2.28. The molecule has 1 aliphatic carbocycles. The highest BCUT2D eigenvalue weighted by Crippen LogP contribution is 2.38. The van der Waals surface area contributed by atoms with Gasteiger partial charge < -0.3 is 9.67 Å². The number of azo groups is 1. The van der Waals surface area contributed by atoms with Crippen molar-refractivity contribution in [3.05, 3.63) is 51.4 Å². The van der Waals surface area contributed by atoms with Crippen LogP contribution in [-0.2, 0) is 24.7 Å². The number of aryl methyl sites for hydroxylation is 2. The van der Waals surface area contributed by atoms with Crippen LogP contribution in [0.25, 0.3) is 21.1 Å². The van der Waals surface area contributed by atoms with E-state index in [0.29, 0.717) is 16.7 Å². The Bertz CT molecular complexity index is 1460. The second-order valence-electron chi connectivity index (χ2n) is 8.45. The van der Waals surface area contributed by atoms with E-state index in [1.165, 1.54) is 15.8 Å². The molecule has 3 heterocycles. The maximum Gasteiger partial charge on any atom is 0.287 e. The Morgan fingerprint density at radius 2 is 2.12 bits per heavy atom. The lowest BCUT2D eigenvalue weighted by atomic mass is 9.89. The Kier molecular flexibility index (Phi) is 4.93. The molecule has 0 saturated carbocycles. The number of hydrogen-bond acceptors (Lipinski definition) is 6. The van der Waals surface area contributed by atoms with Gasteiger partial charge in [-0.05, 0) is 43.7 Å². The van der Waals surface area contributed by atoms with E-state index < -0.39 is 11.9 Å². The van der Waals surface area contributed by atoms with Crippen LogP contribution in [0.1, 0.15) is 36.8 Å². The first-order chi connectivity index (χ1) is 15.4. The third-order valence-electron chi connectivity index (χ3n) is 6.31. The number of thiophene rings is 1. The molecule has 8 nitrogen and oxygen atoms in total. The first-order valence-corrected chi connectivity index (χ1v) is 11.4. The molecule has 0 unspecified atom stereocenters. The minimum atomic E-state index is -0.863. The van der Waals surface area contributed by atoms with Gasteiger partial charge in [-0.1, -0.05) is 25.1 Å². The van der Waals surface area contributed by atoms with Crippen molar-refractivity contribution in [1.29, 1.82) is 0 Å². The minimum Gasteiger partial charge on any atom is -0.493 e. The minimum absolute atomic E-state index is 0.0743. The van der Waals surface area contributed by atoms with Crippen molar-refractivity contribution >= 4 is 44.1 Å². The molecule has 0 fully saturated rings. The third-order valence-corrected chi connectivity index (χ3v) is 7.48. The van der Waals surface area contributed by atoms with Crippen molar-refractivity contribution < 1.29 is 9.90 Å². The smallest absolute Gasteiger partial charge is 0.287 e. The number of fused-ring (bicyclic) bond motifs is 4. The number of nitrogens with zero attached hydrogens (tertiary/aromatic N) is 5. The predicted molar refractivity (Wildman–Crippen MR) is 124 cm³/mol. The quantitative estimate of drug-likeness (QED) is 0.460. The fraction of sp³-hybridized carbons (Fsp3) is 0.348. The Morgan fingerprint density at radius 1 is 1.34 bits per heavy atom. The maximum atomic E-state index is 13.3. The molecule has 9 heteroatoms. The lowest BCUT2D eigenvalue weighted by molar-refractivity contribution is -0.121. The topological polar surface area (TPSA) is 102 Å². The Labute approximate surface area is 187 Å². The highest BCUT2D eigenvalue weighted by atomic mass is 32.1. The number of hydrogen-bond donors (Lipinski definition) is 1. The van der Waals surface area contributed by atoms with E-state index in [2.05, 4.69) is 22.1 Å². The molecule has 1 amide bonds. The molecular weight excluding hydrogens is 426 g/mol. The molecule has 0 aliphatic heterocycles. The number of benzene rings is 1. The van der Waals surface area contributed by atoms with Gasteiger partial charge in [0, 0.05) is 17.3 Å². The van der Waals surface area contributed by atoms with E-state index in [1.807, 2.05) is 18.2 Å². The van der Waals surface area contributed by atoms with Gasteiger partial charge >= 0.3 is 0 Å². The highest BCUT2D eigenvalue weighted by molar-refractivity contribution is 7.18. The van der Waals surface area contributed by atoms with Crippen LogP contribution >= 0.6 is 11.3 Å². The van der Waals surface area contributed by atoms with Crippen LogP contribution in [0.15, 0.2) is 45.6 Å². The molecule has 1 aliphatic rings. The molecule has 0 spiro atoms. The van der Waals surface area contributed by atoms with Gasteiger partial charge in [0.05, 0.1) is 17.2 Å². The molecule has 0 saturated heterocycles. The van der Waals surface area contributed by atoms with E-state index in [9.17, 15) is 14.7 Å². The van der Waals surface area contributed by atoms with Crippen LogP contribution < -0.4 is 5.56 Å². The van der Waals surface area contributed by atoms with Gasteiger partial charge in [0.1, 0.15) is 10.9 Å². The van der Waals surface area contributed by atoms with Crippen molar-refractivity contribution in [2.24, 2.45) is 23.2 Å². The van der Waals surface area contributed by atoms with Gasteiger partial charge in [0.2, 0.25) is 5.88 Å². The Morgan fingerprint density at radius 3 is 2.94 bits per heavy atom. The largest absolute Gasteiger partial charge is 0.493 e. The second-order valence-corrected chi connectivity index (χ2v) is 9.54. The number of rotatable bonds is 3.